The first kappa shape index (κ1) is 15.4. The lowest BCUT2D eigenvalue weighted by atomic mass is 9.92. The highest BCUT2D eigenvalue weighted by atomic mass is 16.4. The van der Waals surface area contributed by atoms with Crippen molar-refractivity contribution < 1.29 is 15.0 Å². The van der Waals surface area contributed by atoms with Crippen LogP contribution in [0.2, 0.25) is 0 Å². The molecule has 5 nitrogen and oxygen atoms in total. The second-order valence-corrected chi connectivity index (χ2v) is 5.77. The molecule has 1 heterocycles. The third-order valence-corrected chi connectivity index (χ3v) is 3.89. The fourth-order valence-corrected chi connectivity index (χ4v) is 2.06. The third-order valence-electron chi connectivity index (χ3n) is 3.89. The minimum Gasteiger partial charge on any atom is -0.481 e. The SMILES string of the molecule is CC(C)C(C)(O)CN1CCN(CCC(=O)O)CC1. The van der Waals surface area contributed by atoms with Gasteiger partial charge in [-0.15, -0.1) is 0 Å². The largest absolute Gasteiger partial charge is 0.481 e. The van der Waals surface area contributed by atoms with Crippen LogP contribution in [0.1, 0.15) is 27.2 Å². The predicted octanol–water partition coefficient (Wildman–Crippen LogP) is 0.486. The van der Waals surface area contributed by atoms with E-state index in [1.165, 1.54) is 0 Å². The number of hydrogen-bond acceptors (Lipinski definition) is 4. The van der Waals surface area contributed by atoms with E-state index in [4.69, 9.17) is 5.11 Å². The van der Waals surface area contributed by atoms with Crippen LogP contribution in [0.25, 0.3) is 0 Å². The summed E-state index contributed by atoms with van der Waals surface area (Å²) in [5.41, 5.74) is -0.650. The summed E-state index contributed by atoms with van der Waals surface area (Å²) in [5.74, 6) is -0.497. The Morgan fingerprint density at radius 2 is 1.72 bits per heavy atom. The Morgan fingerprint density at radius 1 is 1.22 bits per heavy atom. The van der Waals surface area contributed by atoms with E-state index in [1.807, 2.05) is 20.8 Å². The fraction of sp³-hybridized carbons (Fsp3) is 0.923. The molecule has 0 aliphatic carbocycles. The maximum atomic E-state index is 10.5. The molecule has 2 N–H and O–H groups in total. The monoisotopic (exact) mass is 258 g/mol. The maximum absolute atomic E-state index is 10.5. The standard InChI is InChI=1S/C13H26N2O3/c1-11(2)13(3,18)10-15-8-6-14(7-9-15)5-4-12(16)17/h11,18H,4-10H2,1-3H3,(H,16,17). The molecular weight excluding hydrogens is 232 g/mol. The average molecular weight is 258 g/mol. The molecule has 18 heavy (non-hydrogen) atoms. The minimum atomic E-state index is -0.736. The van der Waals surface area contributed by atoms with E-state index in [0.717, 1.165) is 26.2 Å². The smallest absolute Gasteiger partial charge is 0.304 e. The van der Waals surface area contributed by atoms with E-state index < -0.39 is 11.6 Å². The Labute approximate surface area is 109 Å². The first-order chi connectivity index (χ1) is 8.31. The number of carboxylic acids is 1. The van der Waals surface area contributed by atoms with Crippen LogP contribution < -0.4 is 0 Å². The highest BCUT2D eigenvalue weighted by molar-refractivity contribution is 5.66. The van der Waals surface area contributed by atoms with Crippen molar-refractivity contribution in [2.24, 2.45) is 5.92 Å². The molecule has 0 aromatic carbocycles. The van der Waals surface area contributed by atoms with Crippen LogP contribution in [-0.2, 0) is 4.79 Å². The summed E-state index contributed by atoms with van der Waals surface area (Å²) in [6.07, 6.45) is 0.212. The number of hydrogen-bond donors (Lipinski definition) is 2. The van der Waals surface area contributed by atoms with Gasteiger partial charge in [-0.05, 0) is 12.8 Å². The highest BCUT2D eigenvalue weighted by Gasteiger charge is 2.29. The van der Waals surface area contributed by atoms with Crippen molar-refractivity contribution in [2.45, 2.75) is 32.8 Å². The summed E-state index contributed by atoms with van der Waals surface area (Å²) in [7, 11) is 0. The summed E-state index contributed by atoms with van der Waals surface area (Å²) >= 11 is 0. The van der Waals surface area contributed by atoms with Crippen LogP contribution >= 0.6 is 0 Å². The summed E-state index contributed by atoms with van der Waals surface area (Å²) in [6.45, 7) is 10.9. The number of β-amino-alcohol motifs (C(OH)–C–C–N with tert-alkyl or cyclic N) is 1. The van der Waals surface area contributed by atoms with Gasteiger partial charge in [0, 0.05) is 39.3 Å². The molecule has 1 unspecified atom stereocenters. The lowest BCUT2D eigenvalue weighted by Crippen LogP contribution is -2.52. The molecule has 0 spiro atoms. The Kier molecular flexibility index (Phi) is 5.56. The van der Waals surface area contributed by atoms with E-state index in [1.54, 1.807) is 0 Å². The van der Waals surface area contributed by atoms with E-state index in [0.29, 0.717) is 13.1 Å². The summed E-state index contributed by atoms with van der Waals surface area (Å²) in [6, 6.07) is 0. The molecule has 0 saturated carbocycles. The Hall–Kier alpha value is -0.650. The van der Waals surface area contributed by atoms with E-state index in [-0.39, 0.29) is 12.3 Å². The molecule has 1 fully saturated rings. The van der Waals surface area contributed by atoms with Crippen LogP contribution in [0.3, 0.4) is 0 Å². The Balaban J connectivity index is 2.29. The summed E-state index contributed by atoms with van der Waals surface area (Å²) in [4.78, 5) is 14.9. The first-order valence-corrected chi connectivity index (χ1v) is 6.70. The molecule has 1 saturated heterocycles. The molecule has 106 valence electrons. The molecule has 0 aromatic rings. The Morgan fingerprint density at radius 3 is 2.17 bits per heavy atom. The van der Waals surface area contributed by atoms with Gasteiger partial charge in [-0.2, -0.15) is 0 Å². The minimum absolute atomic E-state index is 0.212. The van der Waals surface area contributed by atoms with E-state index >= 15 is 0 Å². The number of rotatable bonds is 6. The molecule has 0 radical (unpaired) electrons. The van der Waals surface area contributed by atoms with Crippen molar-refractivity contribution in [1.82, 2.24) is 9.80 Å². The molecule has 1 rings (SSSR count). The lowest BCUT2D eigenvalue weighted by Gasteiger charge is -2.39. The third kappa shape index (κ3) is 4.92. The average Bonchev–Trinajstić information content (AvgIpc) is 2.27. The van der Waals surface area contributed by atoms with Crippen LogP contribution in [0.15, 0.2) is 0 Å². The van der Waals surface area contributed by atoms with Crippen molar-refractivity contribution in [3.05, 3.63) is 0 Å². The van der Waals surface area contributed by atoms with Gasteiger partial charge >= 0.3 is 5.97 Å². The number of carbonyl (C=O) groups is 1. The van der Waals surface area contributed by atoms with Gasteiger partial charge in [0.2, 0.25) is 0 Å². The van der Waals surface area contributed by atoms with Crippen molar-refractivity contribution in [3.63, 3.8) is 0 Å². The van der Waals surface area contributed by atoms with Gasteiger partial charge < -0.3 is 15.1 Å². The number of nitrogens with zero attached hydrogens (tertiary/aromatic N) is 2. The zero-order valence-electron chi connectivity index (χ0n) is 11.7. The number of aliphatic hydroxyl groups is 1. The molecule has 0 bridgehead atoms. The van der Waals surface area contributed by atoms with Gasteiger partial charge in [0.05, 0.1) is 12.0 Å². The van der Waals surface area contributed by atoms with Gasteiger partial charge in [-0.3, -0.25) is 9.69 Å². The molecule has 1 atom stereocenters. The quantitative estimate of drug-likeness (QED) is 0.726. The van der Waals surface area contributed by atoms with Gasteiger partial charge in [0.1, 0.15) is 0 Å². The number of piperazine rings is 1. The van der Waals surface area contributed by atoms with Gasteiger partial charge in [-0.25, -0.2) is 0 Å². The van der Waals surface area contributed by atoms with Gasteiger partial charge in [0.15, 0.2) is 0 Å². The summed E-state index contributed by atoms with van der Waals surface area (Å²) in [5, 5.41) is 18.9. The second-order valence-electron chi connectivity index (χ2n) is 5.77. The Bertz CT molecular complexity index is 271. The molecule has 0 aromatic heterocycles. The van der Waals surface area contributed by atoms with E-state index in [9.17, 15) is 9.90 Å². The van der Waals surface area contributed by atoms with Crippen LogP contribution in [-0.4, -0.2) is 70.9 Å². The normalized spacial score (nSPS) is 22.1. The zero-order valence-corrected chi connectivity index (χ0v) is 11.7. The summed E-state index contributed by atoms with van der Waals surface area (Å²) < 4.78 is 0. The highest BCUT2D eigenvalue weighted by Crippen LogP contribution is 2.18. The van der Waals surface area contributed by atoms with Crippen LogP contribution in [0, 0.1) is 5.92 Å². The lowest BCUT2D eigenvalue weighted by molar-refractivity contribution is -0.137. The molecule has 1 aliphatic heterocycles. The predicted molar refractivity (Wildman–Crippen MR) is 70.6 cm³/mol. The molecule has 0 amide bonds. The van der Waals surface area contributed by atoms with Crippen molar-refractivity contribution in [3.8, 4) is 0 Å². The maximum Gasteiger partial charge on any atom is 0.304 e. The molecule has 5 heteroatoms. The van der Waals surface area contributed by atoms with Crippen molar-refractivity contribution >= 4 is 5.97 Å². The molecule has 1 aliphatic rings. The fourth-order valence-electron chi connectivity index (χ4n) is 2.06. The van der Waals surface area contributed by atoms with E-state index in [2.05, 4.69) is 9.80 Å². The number of carboxylic acid groups (broad SMARTS) is 1. The van der Waals surface area contributed by atoms with Gasteiger partial charge in [0.25, 0.3) is 0 Å². The zero-order chi connectivity index (χ0) is 13.8. The van der Waals surface area contributed by atoms with Gasteiger partial charge in [-0.1, -0.05) is 13.8 Å². The van der Waals surface area contributed by atoms with Crippen LogP contribution in [0.4, 0.5) is 0 Å². The number of aliphatic carboxylic acids is 1. The van der Waals surface area contributed by atoms with Crippen molar-refractivity contribution in [2.75, 3.05) is 39.3 Å². The second kappa shape index (κ2) is 6.50. The van der Waals surface area contributed by atoms with Crippen LogP contribution in [0.5, 0.6) is 0 Å². The topological polar surface area (TPSA) is 64.0 Å². The molecular formula is C13H26N2O3. The first-order valence-electron chi connectivity index (χ1n) is 6.70. The van der Waals surface area contributed by atoms with Crippen molar-refractivity contribution in [1.29, 1.82) is 0 Å².